The van der Waals surface area contributed by atoms with Gasteiger partial charge in [0.2, 0.25) is 5.75 Å². The van der Waals surface area contributed by atoms with Gasteiger partial charge in [-0.3, -0.25) is 0 Å². The van der Waals surface area contributed by atoms with Gasteiger partial charge in [0.15, 0.2) is 11.5 Å². The van der Waals surface area contributed by atoms with E-state index in [1.54, 1.807) is 14.2 Å². The lowest BCUT2D eigenvalue weighted by Crippen LogP contribution is -2.37. The summed E-state index contributed by atoms with van der Waals surface area (Å²) in [5.41, 5.74) is 5.19. The van der Waals surface area contributed by atoms with Crippen LogP contribution in [0.5, 0.6) is 17.2 Å². The smallest absolute Gasteiger partial charge is 0.203 e. The van der Waals surface area contributed by atoms with E-state index in [2.05, 4.69) is 0 Å². The Bertz CT molecular complexity index is 350. The van der Waals surface area contributed by atoms with Crippen LogP contribution in [0.4, 0.5) is 0 Å². The second kappa shape index (κ2) is 5.07. The molecule has 0 aliphatic rings. The van der Waals surface area contributed by atoms with Crippen LogP contribution in [0.25, 0.3) is 0 Å². The van der Waals surface area contributed by atoms with Crippen molar-refractivity contribution in [2.45, 2.75) is 19.4 Å². The molecule has 1 rings (SSSR count). The predicted molar refractivity (Wildman–Crippen MR) is 63.3 cm³/mol. The third-order valence-corrected chi connectivity index (χ3v) is 2.24. The summed E-state index contributed by atoms with van der Waals surface area (Å²) in [5.74, 6) is 1.87. The number of benzene rings is 1. The van der Waals surface area contributed by atoms with Crippen LogP contribution < -0.4 is 19.9 Å². The molecule has 0 aliphatic heterocycles. The standard InChI is InChI=1S/C12H19NO3/c1-12(2,8-13)16-10-7-5-6-9(14-3)11(10)15-4/h5-7H,8,13H2,1-4H3. The molecule has 0 fully saturated rings. The SMILES string of the molecule is COc1cccc(OC(C)(C)CN)c1OC. The number of para-hydroxylation sites is 1. The number of hydrogen-bond acceptors (Lipinski definition) is 4. The highest BCUT2D eigenvalue weighted by Crippen LogP contribution is 2.38. The Kier molecular flexibility index (Phi) is 4.01. The van der Waals surface area contributed by atoms with Crippen molar-refractivity contribution in [3.8, 4) is 17.2 Å². The van der Waals surface area contributed by atoms with Gasteiger partial charge in [0.25, 0.3) is 0 Å². The summed E-state index contributed by atoms with van der Waals surface area (Å²) >= 11 is 0. The van der Waals surface area contributed by atoms with E-state index >= 15 is 0 Å². The zero-order valence-corrected chi connectivity index (χ0v) is 10.2. The van der Waals surface area contributed by atoms with Crippen molar-refractivity contribution in [3.05, 3.63) is 18.2 Å². The molecule has 0 aliphatic carbocycles. The minimum Gasteiger partial charge on any atom is -0.493 e. The van der Waals surface area contributed by atoms with Gasteiger partial charge in [0, 0.05) is 6.54 Å². The summed E-state index contributed by atoms with van der Waals surface area (Å²) in [6.07, 6.45) is 0. The van der Waals surface area contributed by atoms with Crippen molar-refractivity contribution in [2.75, 3.05) is 20.8 Å². The van der Waals surface area contributed by atoms with E-state index in [1.165, 1.54) is 0 Å². The van der Waals surface area contributed by atoms with Gasteiger partial charge in [0.05, 0.1) is 14.2 Å². The van der Waals surface area contributed by atoms with Crippen molar-refractivity contribution >= 4 is 0 Å². The van der Waals surface area contributed by atoms with Gasteiger partial charge in [0.1, 0.15) is 5.60 Å². The zero-order chi connectivity index (χ0) is 12.2. The molecule has 1 aromatic carbocycles. The molecule has 0 saturated carbocycles. The maximum atomic E-state index is 5.79. The van der Waals surface area contributed by atoms with Gasteiger partial charge in [-0.1, -0.05) is 6.07 Å². The van der Waals surface area contributed by atoms with Crippen LogP contribution in [-0.4, -0.2) is 26.4 Å². The molecule has 0 spiro atoms. The minimum absolute atomic E-state index is 0.424. The Morgan fingerprint density at radius 1 is 1.12 bits per heavy atom. The number of nitrogens with two attached hydrogens (primary N) is 1. The third-order valence-electron chi connectivity index (χ3n) is 2.24. The van der Waals surface area contributed by atoms with Crippen LogP contribution in [0.15, 0.2) is 18.2 Å². The molecule has 4 heteroatoms. The first kappa shape index (κ1) is 12.6. The highest BCUT2D eigenvalue weighted by molar-refractivity contribution is 5.51. The van der Waals surface area contributed by atoms with Crippen LogP contribution in [0, 0.1) is 0 Å². The van der Waals surface area contributed by atoms with E-state index in [1.807, 2.05) is 32.0 Å². The normalized spacial score (nSPS) is 11.1. The van der Waals surface area contributed by atoms with Gasteiger partial charge in [-0.15, -0.1) is 0 Å². The summed E-state index contributed by atoms with van der Waals surface area (Å²) in [6, 6.07) is 5.50. The number of rotatable bonds is 5. The van der Waals surface area contributed by atoms with E-state index in [9.17, 15) is 0 Å². The van der Waals surface area contributed by atoms with Crippen LogP contribution in [0.3, 0.4) is 0 Å². The highest BCUT2D eigenvalue weighted by Gasteiger charge is 2.21. The summed E-state index contributed by atoms with van der Waals surface area (Å²) in [4.78, 5) is 0. The van der Waals surface area contributed by atoms with Crippen LogP contribution in [0.1, 0.15) is 13.8 Å². The first-order chi connectivity index (χ1) is 7.54. The molecule has 90 valence electrons. The van der Waals surface area contributed by atoms with Gasteiger partial charge in [-0.2, -0.15) is 0 Å². The lowest BCUT2D eigenvalue weighted by molar-refractivity contribution is 0.113. The van der Waals surface area contributed by atoms with E-state index in [0.717, 1.165) is 0 Å². The summed E-state index contributed by atoms with van der Waals surface area (Å²) in [5, 5.41) is 0. The highest BCUT2D eigenvalue weighted by atomic mass is 16.5. The Morgan fingerprint density at radius 3 is 2.25 bits per heavy atom. The summed E-state index contributed by atoms with van der Waals surface area (Å²) < 4.78 is 16.2. The third kappa shape index (κ3) is 2.79. The fourth-order valence-electron chi connectivity index (χ4n) is 1.28. The molecular formula is C12H19NO3. The Balaban J connectivity index is 3.04. The second-order valence-corrected chi connectivity index (χ2v) is 4.06. The quantitative estimate of drug-likeness (QED) is 0.830. The molecule has 0 bridgehead atoms. The molecule has 0 radical (unpaired) electrons. The van der Waals surface area contributed by atoms with Crippen molar-refractivity contribution in [2.24, 2.45) is 5.73 Å². The molecule has 0 heterocycles. The molecule has 0 atom stereocenters. The molecule has 0 unspecified atom stereocenters. The van der Waals surface area contributed by atoms with E-state index in [4.69, 9.17) is 19.9 Å². The predicted octanol–water partition coefficient (Wildman–Crippen LogP) is 1.82. The van der Waals surface area contributed by atoms with Crippen LogP contribution in [0.2, 0.25) is 0 Å². The molecule has 16 heavy (non-hydrogen) atoms. The molecular weight excluding hydrogens is 206 g/mol. The van der Waals surface area contributed by atoms with Gasteiger partial charge < -0.3 is 19.9 Å². The van der Waals surface area contributed by atoms with Crippen molar-refractivity contribution in [3.63, 3.8) is 0 Å². The molecule has 4 nitrogen and oxygen atoms in total. The van der Waals surface area contributed by atoms with E-state index in [-0.39, 0.29) is 0 Å². The first-order valence-electron chi connectivity index (χ1n) is 5.14. The fourth-order valence-corrected chi connectivity index (χ4v) is 1.28. The summed E-state index contributed by atoms with van der Waals surface area (Å²) in [6.45, 7) is 4.27. The maximum absolute atomic E-state index is 5.79. The molecule has 0 saturated heterocycles. The Hall–Kier alpha value is -1.42. The number of ether oxygens (including phenoxy) is 3. The molecule has 0 amide bonds. The average Bonchev–Trinajstić information content (AvgIpc) is 2.28. The minimum atomic E-state index is -0.431. The average molecular weight is 225 g/mol. The van der Waals surface area contributed by atoms with E-state index in [0.29, 0.717) is 23.8 Å². The largest absolute Gasteiger partial charge is 0.493 e. The fraction of sp³-hybridized carbons (Fsp3) is 0.500. The van der Waals surface area contributed by atoms with Crippen molar-refractivity contribution in [1.82, 2.24) is 0 Å². The van der Waals surface area contributed by atoms with E-state index < -0.39 is 5.60 Å². The number of hydrogen-bond donors (Lipinski definition) is 1. The van der Waals surface area contributed by atoms with Gasteiger partial charge >= 0.3 is 0 Å². The van der Waals surface area contributed by atoms with Crippen molar-refractivity contribution in [1.29, 1.82) is 0 Å². The van der Waals surface area contributed by atoms with Gasteiger partial charge in [-0.25, -0.2) is 0 Å². The van der Waals surface area contributed by atoms with Crippen LogP contribution in [-0.2, 0) is 0 Å². The zero-order valence-electron chi connectivity index (χ0n) is 10.2. The molecule has 0 aromatic heterocycles. The Labute approximate surface area is 96.3 Å². The Morgan fingerprint density at radius 2 is 1.75 bits per heavy atom. The molecule has 1 aromatic rings. The first-order valence-corrected chi connectivity index (χ1v) is 5.14. The lowest BCUT2D eigenvalue weighted by Gasteiger charge is -2.26. The van der Waals surface area contributed by atoms with Crippen molar-refractivity contribution < 1.29 is 14.2 Å². The molecule has 2 N–H and O–H groups in total. The lowest BCUT2D eigenvalue weighted by atomic mass is 10.1. The topological polar surface area (TPSA) is 53.7 Å². The number of methoxy groups -OCH3 is 2. The summed E-state index contributed by atoms with van der Waals surface area (Å²) in [7, 11) is 3.18. The second-order valence-electron chi connectivity index (χ2n) is 4.06. The van der Waals surface area contributed by atoms with Crippen LogP contribution >= 0.6 is 0 Å². The van der Waals surface area contributed by atoms with Gasteiger partial charge in [-0.05, 0) is 26.0 Å². The maximum Gasteiger partial charge on any atom is 0.203 e. The monoisotopic (exact) mass is 225 g/mol.